The van der Waals surface area contributed by atoms with E-state index >= 15 is 0 Å². The highest BCUT2D eigenvalue weighted by Crippen LogP contribution is 2.08. The summed E-state index contributed by atoms with van der Waals surface area (Å²) in [5.41, 5.74) is 2.32. The molecule has 0 saturated heterocycles. The third kappa shape index (κ3) is 4.94. The van der Waals surface area contributed by atoms with Crippen LogP contribution in [0.25, 0.3) is 0 Å². The summed E-state index contributed by atoms with van der Waals surface area (Å²) in [5.74, 6) is 0.589. The lowest BCUT2D eigenvalue weighted by molar-refractivity contribution is 0.544. The number of hydrogen-bond donors (Lipinski definition) is 1. The Balaban J connectivity index is 1.87. The van der Waals surface area contributed by atoms with E-state index in [1.165, 1.54) is 5.56 Å². The molecule has 2 rings (SSSR count). The number of benzene rings is 1. The fourth-order valence-electron chi connectivity index (χ4n) is 1.84. The van der Waals surface area contributed by atoms with Crippen LogP contribution in [0.3, 0.4) is 0 Å². The van der Waals surface area contributed by atoms with Crippen molar-refractivity contribution in [2.24, 2.45) is 0 Å². The molecule has 19 heavy (non-hydrogen) atoms. The molecule has 0 aliphatic carbocycles. The van der Waals surface area contributed by atoms with Crippen molar-refractivity contribution in [3.8, 4) is 0 Å². The summed E-state index contributed by atoms with van der Waals surface area (Å²) in [6, 6.07) is 14.6. The summed E-state index contributed by atoms with van der Waals surface area (Å²) < 4.78 is 0.995. The first kappa shape index (κ1) is 14.5. The van der Waals surface area contributed by atoms with Crippen LogP contribution in [0.1, 0.15) is 11.3 Å². The van der Waals surface area contributed by atoms with Gasteiger partial charge in [0.15, 0.2) is 0 Å². The zero-order valence-corrected chi connectivity index (χ0v) is 12.9. The number of halogens is 2. The molecule has 2 aromatic rings. The van der Waals surface area contributed by atoms with Gasteiger partial charge in [-0.2, -0.15) is 0 Å². The van der Waals surface area contributed by atoms with Gasteiger partial charge >= 0.3 is 0 Å². The predicted octanol–water partition coefficient (Wildman–Crippen LogP) is 3.78. The molecule has 0 amide bonds. The van der Waals surface area contributed by atoms with E-state index in [1.54, 1.807) is 0 Å². The van der Waals surface area contributed by atoms with E-state index < -0.39 is 0 Å². The van der Waals surface area contributed by atoms with Gasteiger partial charge in [-0.15, -0.1) is 11.6 Å². The summed E-state index contributed by atoms with van der Waals surface area (Å²) >= 11 is 9.40. The highest BCUT2D eigenvalue weighted by molar-refractivity contribution is 9.10. The van der Waals surface area contributed by atoms with Crippen molar-refractivity contribution in [1.82, 2.24) is 10.3 Å². The second-order valence-electron chi connectivity index (χ2n) is 4.39. The lowest BCUT2D eigenvalue weighted by Gasteiger charge is -2.15. The van der Waals surface area contributed by atoms with Gasteiger partial charge in [-0.3, -0.25) is 4.98 Å². The van der Waals surface area contributed by atoms with Crippen LogP contribution in [0.4, 0.5) is 0 Å². The second kappa shape index (κ2) is 7.63. The minimum Gasteiger partial charge on any atom is -0.307 e. The van der Waals surface area contributed by atoms with Crippen molar-refractivity contribution in [2.75, 3.05) is 5.88 Å². The Bertz CT molecular complexity index is 487. The van der Waals surface area contributed by atoms with Gasteiger partial charge < -0.3 is 5.32 Å². The Kier molecular flexibility index (Phi) is 5.83. The maximum Gasteiger partial charge on any atom is 0.0542 e. The number of nitrogens with zero attached hydrogens (tertiary/aromatic N) is 1. The number of hydrogen-bond acceptors (Lipinski definition) is 2. The molecule has 0 fully saturated rings. The highest BCUT2D eigenvalue weighted by Gasteiger charge is 2.08. The Morgan fingerprint density at radius 3 is 2.58 bits per heavy atom. The average molecular weight is 340 g/mol. The zero-order chi connectivity index (χ0) is 13.5. The molecule has 0 saturated carbocycles. The molecule has 0 spiro atoms. The highest BCUT2D eigenvalue weighted by atomic mass is 79.9. The SMILES string of the molecule is ClCC(Cc1ccccc1)NCc1ccc(Br)cn1. The Morgan fingerprint density at radius 1 is 1.16 bits per heavy atom. The molecule has 100 valence electrons. The van der Waals surface area contributed by atoms with Gasteiger partial charge in [0, 0.05) is 29.1 Å². The monoisotopic (exact) mass is 338 g/mol. The second-order valence-corrected chi connectivity index (χ2v) is 5.61. The fraction of sp³-hybridized carbons (Fsp3) is 0.267. The molecule has 0 aliphatic rings. The van der Waals surface area contributed by atoms with Crippen molar-refractivity contribution in [3.63, 3.8) is 0 Å². The number of pyridine rings is 1. The maximum atomic E-state index is 6.02. The summed E-state index contributed by atoms with van der Waals surface area (Å²) in [7, 11) is 0. The molecule has 0 bridgehead atoms. The molecule has 1 heterocycles. The minimum atomic E-state index is 0.259. The number of nitrogens with one attached hydrogen (secondary N) is 1. The predicted molar refractivity (Wildman–Crippen MR) is 83.4 cm³/mol. The maximum absolute atomic E-state index is 6.02. The topological polar surface area (TPSA) is 24.9 Å². The lowest BCUT2D eigenvalue weighted by Crippen LogP contribution is -2.32. The zero-order valence-electron chi connectivity index (χ0n) is 10.5. The molecule has 2 nitrogen and oxygen atoms in total. The Labute approximate surface area is 127 Å². The quantitative estimate of drug-likeness (QED) is 0.810. The van der Waals surface area contributed by atoms with Crippen molar-refractivity contribution >= 4 is 27.5 Å². The molecule has 0 radical (unpaired) electrons. The van der Waals surface area contributed by atoms with Crippen molar-refractivity contribution in [2.45, 2.75) is 19.0 Å². The molecule has 1 aromatic heterocycles. The van der Waals surface area contributed by atoms with E-state index in [4.69, 9.17) is 11.6 Å². The standard InChI is InChI=1S/C15H16BrClN2/c16-13-6-7-14(18-10-13)11-19-15(9-17)8-12-4-2-1-3-5-12/h1-7,10,15,19H,8-9,11H2. The van der Waals surface area contributed by atoms with E-state index in [1.807, 2.05) is 24.4 Å². The van der Waals surface area contributed by atoms with Crippen molar-refractivity contribution < 1.29 is 0 Å². The van der Waals surface area contributed by atoms with Crippen molar-refractivity contribution in [1.29, 1.82) is 0 Å². The average Bonchev–Trinajstić information content (AvgIpc) is 2.46. The fourth-order valence-corrected chi connectivity index (χ4v) is 2.29. The summed E-state index contributed by atoms with van der Waals surface area (Å²) in [6.07, 6.45) is 2.74. The molecule has 1 N–H and O–H groups in total. The molecule has 1 atom stereocenters. The normalized spacial score (nSPS) is 12.3. The van der Waals surface area contributed by atoms with Crippen LogP contribution in [0.5, 0.6) is 0 Å². The van der Waals surface area contributed by atoms with Gasteiger partial charge in [-0.1, -0.05) is 30.3 Å². The third-order valence-corrected chi connectivity index (χ3v) is 3.71. The first-order valence-corrected chi connectivity index (χ1v) is 7.54. The van der Waals surface area contributed by atoms with Gasteiger partial charge in [-0.25, -0.2) is 0 Å². The van der Waals surface area contributed by atoms with Crippen LogP contribution < -0.4 is 5.32 Å². The Hall–Kier alpha value is -0.900. The van der Waals surface area contributed by atoms with Gasteiger partial charge in [-0.05, 0) is 40.0 Å². The van der Waals surface area contributed by atoms with Crippen LogP contribution in [-0.2, 0) is 13.0 Å². The van der Waals surface area contributed by atoms with E-state index in [9.17, 15) is 0 Å². The number of aromatic nitrogens is 1. The smallest absolute Gasteiger partial charge is 0.0542 e. The van der Waals surface area contributed by atoms with Gasteiger partial charge in [0.1, 0.15) is 0 Å². The molecule has 0 aliphatic heterocycles. The third-order valence-electron chi connectivity index (χ3n) is 2.87. The summed E-state index contributed by atoms with van der Waals surface area (Å²) in [4.78, 5) is 4.34. The first-order chi connectivity index (χ1) is 9.28. The molecule has 1 unspecified atom stereocenters. The molecular weight excluding hydrogens is 324 g/mol. The molecular formula is C15H16BrClN2. The lowest BCUT2D eigenvalue weighted by atomic mass is 10.1. The van der Waals surface area contributed by atoms with Crippen LogP contribution >= 0.6 is 27.5 Å². The Morgan fingerprint density at radius 2 is 1.95 bits per heavy atom. The van der Waals surface area contributed by atoms with Crippen LogP contribution in [0.2, 0.25) is 0 Å². The van der Waals surface area contributed by atoms with Crippen molar-refractivity contribution in [3.05, 3.63) is 64.4 Å². The molecule has 4 heteroatoms. The summed E-state index contributed by atoms with van der Waals surface area (Å²) in [5, 5.41) is 3.44. The number of rotatable bonds is 6. The van der Waals surface area contributed by atoms with E-state index in [0.717, 1.165) is 23.1 Å². The van der Waals surface area contributed by atoms with Crippen LogP contribution in [0, 0.1) is 0 Å². The van der Waals surface area contributed by atoms with Gasteiger partial charge in [0.25, 0.3) is 0 Å². The number of alkyl halides is 1. The largest absolute Gasteiger partial charge is 0.307 e. The summed E-state index contributed by atoms with van der Waals surface area (Å²) in [6.45, 7) is 0.734. The van der Waals surface area contributed by atoms with Crippen LogP contribution in [0.15, 0.2) is 53.1 Å². The van der Waals surface area contributed by atoms with E-state index in [0.29, 0.717) is 5.88 Å². The van der Waals surface area contributed by atoms with E-state index in [-0.39, 0.29) is 6.04 Å². The molecule has 1 aromatic carbocycles. The van der Waals surface area contributed by atoms with Gasteiger partial charge in [0.2, 0.25) is 0 Å². The van der Waals surface area contributed by atoms with Crippen LogP contribution in [-0.4, -0.2) is 16.9 Å². The first-order valence-electron chi connectivity index (χ1n) is 6.21. The minimum absolute atomic E-state index is 0.259. The van der Waals surface area contributed by atoms with E-state index in [2.05, 4.69) is 50.5 Å². The van der Waals surface area contributed by atoms with Gasteiger partial charge in [0.05, 0.1) is 5.69 Å².